The third-order valence-corrected chi connectivity index (χ3v) is 4.20. The molecule has 23 heavy (non-hydrogen) atoms. The van der Waals surface area contributed by atoms with Crippen LogP contribution in [0.3, 0.4) is 0 Å². The van der Waals surface area contributed by atoms with Crippen LogP contribution in [-0.2, 0) is 6.42 Å². The molecule has 0 spiro atoms. The van der Waals surface area contributed by atoms with E-state index in [0.717, 1.165) is 16.7 Å². The number of rotatable bonds is 6. The Labute approximate surface area is 138 Å². The van der Waals surface area contributed by atoms with Crippen molar-refractivity contribution in [3.8, 4) is 12.1 Å². The van der Waals surface area contributed by atoms with Gasteiger partial charge < -0.3 is 0 Å². The van der Waals surface area contributed by atoms with Gasteiger partial charge in [0.05, 0.1) is 12.1 Å². The fourth-order valence-electron chi connectivity index (χ4n) is 2.89. The second-order valence-corrected chi connectivity index (χ2v) is 5.84. The number of benzene rings is 2. The Morgan fingerprint density at radius 2 is 1.65 bits per heavy atom. The van der Waals surface area contributed by atoms with Crippen molar-refractivity contribution in [2.45, 2.75) is 25.7 Å². The van der Waals surface area contributed by atoms with Gasteiger partial charge in [0.2, 0.25) is 0 Å². The van der Waals surface area contributed by atoms with Crippen molar-refractivity contribution in [2.24, 2.45) is 5.41 Å². The lowest BCUT2D eigenvalue weighted by Gasteiger charge is -2.29. The standard InChI is InChI=1S/C21H20N2/c1-3-7-20(19-12-10-17(2)11-13-19)21(15-22,16-23)14-18-8-5-4-6-9-18/h3-6,8-13,20H,1,7,14H2,2H3. The van der Waals surface area contributed by atoms with Gasteiger partial charge in [-0.2, -0.15) is 10.5 Å². The van der Waals surface area contributed by atoms with Crippen molar-refractivity contribution in [1.82, 2.24) is 0 Å². The third-order valence-electron chi connectivity index (χ3n) is 4.20. The maximum Gasteiger partial charge on any atom is 0.154 e. The first-order valence-electron chi connectivity index (χ1n) is 7.69. The molecule has 2 aromatic rings. The van der Waals surface area contributed by atoms with Crippen LogP contribution < -0.4 is 0 Å². The summed E-state index contributed by atoms with van der Waals surface area (Å²) >= 11 is 0. The Morgan fingerprint density at radius 1 is 1.04 bits per heavy atom. The topological polar surface area (TPSA) is 47.6 Å². The van der Waals surface area contributed by atoms with Crippen LogP contribution in [0.1, 0.15) is 29.0 Å². The van der Waals surface area contributed by atoms with Crippen molar-refractivity contribution in [3.63, 3.8) is 0 Å². The van der Waals surface area contributed by atoms with E-state index >= 15 is 0 Å². The molecule has 0 heterocycles. The van der Waals surface area contributed by atoms with Gasteiger partial charge in [-0.3, -0.25) is 0 Å². The van der Waals surface area contributed by atoms with Crippen molar-refractivity contribution in [3.05, 3.63) is 83.9 Å². The molecule has 0 bridgehead atoms. The first-order chi connectivity index (χ1) is 11.1. The highest BCUT2D eigenvalue weighted by Crippen LogP contribution is 2.41. The van der Waals surface area contributed by atoms with E-state index in [1.54, 1.807) is 6.08 Å². The van der Waals surface area contributed by atoms with Crippen molar-refractivity contribution in [1.29, 1.82) is 10.5 Å². The molecule has 2 rings (SSSR count). The zero-order valence-corrected chi connectivity index (χ0v) is 13.4. The van der Waals surface area contributed by atoms with Crippen LogP contribution in [0.15, 0.2) is 67.3 Å². The molecule has 0 amide bonds. The van der Waals surface area contributed by atoms with E-state index in [0.29, 0.717) is 12.8 Å². The largest absolute Gasteiger partial charge is 0.197 e. The van der Waals surface area contributed by atoms with Crippen molar-refractivity contribution >= 4 is 0 Å². The summed E-state index contributed by atoms with van der Waals surface area (Å²) in [5.41, 5.74) is 2.06. The lowest BCUT2D eigenvalue weighted by molar-refractivity contribution is 0.408. The maximum absolute atomic E-state index is 9.84. The first-order valence-corrected chi connectivity index (χ1v) is 7.69. The molecule has 0 aliphatic heterocycles. The van der Waals surface area contributed by atoms with Crippen molar-refractivity contribution < 1.29 is 0 Å². The van der Waals surface area contributed by atoms with Gasteiger partial charge >= 0.3 is 0 Å². The number of nitriles is 2. The molecule has 2 heteroatoms. The van der Waals surface area contributed by atoms with Crippen LogP contribution in [0.2, 0.25) is 0 Å². The molecule has 114 valence electrons. The van der Waals surface area contributed by atoms with Crippen LogP contribution in [0.4, 0.5) is 0 Å². The summed E-state index contributed by atoms with van der Waals surface area (Å²) in [7, 11) is 0. The van der Waals surface area contributed by atoms with Crippen LogP contribution in [0.25, 0.3) is 0 Å². The Morgan fingerprint density at radius 3 is 2.17 bits per heavy atom. The second-order valence-electron chi connectivity index (χ2n) is 5.84. The SMILES string of the molecule is C=CCC(c1ccc(C)cc1)C(C#N)(C#N)Cc1ccccc1. The normalized spacial score (nSPS) is 12.0. The van der Waals surface area contributed by atoms with Gasteiger partial charge in [0.25, 0.3) is 0 Å². The Bertz CT molecular complexity index is 716. The molecular weight excluding hydrogens is 280 g/mol. The number of hydrogen-bond donors (Lipinski definition) is 0. The molecule has 0 N–H and O–H groups in total. The predicted octanol–water partition coefficient (Wildman–Crippen LogP) is 4.93. The van der Waals surface area contributed by atoms with Gasteiger partial charge in [-0.05, 0) is 24.5 Å². The molecule has 0 aliphatic rings. The average molecular weight is 300 g/mol. The molecular formula is C21H20N2. The highest BCUT2D eigenvalue weighted by molar-refractivity contribution is 5.35. The fraction of sp³-hybridized carbons (Fsp3) is 0.238. The molecule has 0 fully saturated rings. The highest BCUT2D eigenvalue weighted by atomic mass is 14.5. The van der Waals surface area contributed by atoms with Crippen LogP contribution in [-0.4, -0.2) is 0 Å². The number of aryl methyl sites for hydroxylation is 1. The van der Waals surface area contributed by atoms with E-state index in [4.69, 9.17) is 0 Å². The summed E-state index contributed by atoms with van der Waals surface area (Å²) in [6.07, 6.45) is 2.79. The molecule has 0 aromatic heterocycles. The summed E-state index contributed by atoms with van der Waals surface area (Å²) in [6.45, 7) is 5.84. The monoisotopic (exact) mass is 300 g/mol. The fourth-order valence-corrected chi connectivity index (χ4v) is 2.89. The molecule has 0 aliphatic carbocycles. The van der Waals surface area contributed by atoms with Gasteiger partial charge in [0.1, 0.15) is 0 Å². The molecule has 2 aromatic carbocycles. The minimum absolute atomic E-state index is 0.198. The van der Waals surface area contributed by atoms with Crippen molar-refractivity contribution in [2.75, 3.05) is 0 Å². The summed E-state index contributed by atoms with van der Waals surface area (Å²) in [6, 6.07) is 22.4. The molecule has 0 radical (unpaired) electrons. The van der Waals surface area contributed by atoms with Gasteiger partial charge in [0.15, 0.2) is 5.41 Å². The van der Waals surface area contributed by atoms with E-state index in [2.05, 4.69) is 18.7 Å². The van der Waals surface area contributed by atoms with Gasteiger partial charge in [-0.25, -0.2) is 0 Å². The third kappa shape index (κ3) is 3.68. The summed E-state index contributed by atoms with van der Waals surface area (Å²) < 4.78 is 0. The van der Waals surface area contributed by atoms with Gasteiger partial charge in [-0.15, -0.1) is 6.58 Å². The molecule has 0 saturated heterocycles. The summed E-state index contributed by atoms with van der Waals surface area (Å²) in [5, 5.41) is 19.7. The van der Waals surface area contributed by atoms with E-state index in [1.165, 1.54) is 0 Å². The first kappa shape index (κ1) is 16.5. The summed E-state index contributed by atoms with van der Waals surface area (Å²) in [5.74, 6) is -0.198. The lowest BCUT2D eigenvalue weighted by Crippen LogP contribution is -2.28. The van der Waals surface area contributed by atoms with E-state index in [1.807, 2.05) is 61.5 Å². The average Bonchev–Trinajstić information content (AvgIpc) is 2.60. The van der Waals surface area contributed by atoms with Crippen LogP contribution in [0, 0.1) is 35.0 Å². The quantitative estimate of drug-likeness (QED) is 0.710. The van der Waals surface area contributed by atoms with Crippen LogP contribution in [0.5, 0.6) is 0 Å². The lowest BCUT2D eigenvalue weighted by atomic mass is 9.69. The zero-order valence-electron chi connectivity index (χ0n) is 13.4. The predicted molar refractivity (Wildman–Crippen MR) is 92.5 cm³/mol. The molecule has 1 unspecified atom stereocenters. The zero-order chi connectivity index (χ0) is 16.7. The summed E-state index contributed by atoms with van der Waals surface area (Å²) in [4.78, 5) is 0. The second kappa shape index (κ2) is 7.43. The van der Waals surface area contributed by atoms with Gasteiger partial charge in [-0.1, -0.05) is 66.2 Å². The molecule has 1 atom stereocenters. The Kier molecular flexibility index (Phi) is 5.34. The minimum atomic E-state index is -1.11. The molecule has 2 nitrogen and oxygen atoms in total. The van der Waals surface area contributed by atoms with Crippen LogP contribution >= 0.6 is 0 Å². The number of nitrogens with zero attached hydrogens (tertiary/aromatic N) is 2. The number of allylic oxidation sites excluding steroid dienone is 1. The Balaban J connectivity index is 2.46. The van der Waals surface area contributed by atoms with E-state index in [9.17, 15) is 10.5 Å². The molecule has 0 saturated carbocycles. The number of hydrogen-bond acceptors (Lipinski definition) is 2. The minimum Gasteiger partial charge on any atom is -0.197 e. The van der Waals surface area contributed by atoms with Gasteiger partial charge in [0, 0.05) is 12.3 Å². The highest BCUT2D eigenvalue weighted by Gasteiger charge is 2.40. The maximum atomic E-state index is 9.84. The Hall–Kier alpha value is -2.84. The van der Waals surface area contributed by atoms with E-state index < -0.39 is 5.41 Å². The van der Waals surface area contributed by atoms with E-state index in [-0.39, 0.29) is 5.92 Å². The smallest absolute Gasteiger partial charge is 0.154 e.